The minimum absolute atomic E-state index is 0.228. The van der Waals surface area contributed by atoms with Crippen LogP contribution in [0.25, 0.3) is 0 Å². The van der Waals surface area contributed by atoms with E-state index in [1.54, 1.807) is 0 Å². The van der Waals surface area contributed by atoms with Crippen molar-refractivity contribution in [1.82, 2.24) is 0 Å². The van der Waals surface area contributed by atoms with Crippen LogP contribution >= 0.6 is 0 Å². The van der Waals surface area contributed by atoms with Gasteiger partial charge < -0.3 is 14.6 Å². The van der Waals surface area contributed by atoms with Gasteiger partial charge in [0.05, 0.1) is 5.92 Å². The van der Waals surface area contributed by atoms with E-state index in [1.165, 1.54) is 12.8 Å². The van der Waals surface area contributed by atoms with E-state index >= 15 is 0 Å². The summed E-state index contributed by atoms with van der Waals surface area (Å²) in [5.41, 5.74) is 0. The van der Waals surface area contributed by atoms with Crippen molar-refractivity contribution in [3.63, 3.8) is 0 Å². The number of hydrogen-bond donors (Lipinski definition) is 1. The number of halogens is 5. The minimum Gasteiger partial charge on any atom is -0.463 e. The molecule has 0 aromatic carbocycles. The number of hydrogen-bond acceptors (Lipinski definition) is 4. The average molecular weight is 398 g/mol. The summed E-state index contributed by atoms with van der Waals surface area (Å²) in [4.78, 5) is 12.4. The topological polar surface area (TPSA) is 55.8 Å². The summed E-state index contributed by atoms with van der Waals surface area (Å²) in [7, 11) is 0. The first-order valence-corrected chi connectivity index (χ1v) is 9.55. The molecule has 4 nitrogen and oxygen atoms in total. The monoisotopic (exact) mass is 398 g/mol. The molecule has 4 rings (SSSR count). The van der Waals surface area contributed by atoms with Crippen molar-refractivity contribution in [3.05, 3.63) is 0 Å². The molecular weight excluding hydrogens is 375 g/mol. The van der Waals surface area contributed by atoms with Crippen molar-refractivity contribution in [2.75, 3.05) is 6.61 Å². The Morgan fingerprint density at radius 3 is 2.41 bits per heavy atom. The van der Waals surface area contributed by atoms with Gasteiger partial charge in [0.2, 0.25) is 0 Å². The molecule has 27 heavy (non-hydrogen) atoms. The number of esters is 1. The fourth-order valence-corrected chi connectivity index (χ4v) is 5.95. The second kappa shape index (κ2) is 6.27. The van der Waals surface area contributed by atoms with Crippen LogP contribution in [0.3, 0.4) is 0 Å². The highest BCUT2D eigenvalue weighted by Crippen LogP contribution is 2.60. The third-order valence-corrected chi connectivity index (χ3v) is 7.09. The van der Waals surface area contributed by atoms with Crippen LogP contribution in [0.4, 0.5) is 22.0 Å². The van der Waals surface area contributed by atoms with Gasteiger partial charge in [0.25, 0.3) is 0 Å². The van der Waals surface area contributed by atoms with E-state index in [1.807, 2.05) is 0 Å². The van der Waals surface area contributed by atoms with Gasteiger partial charge in [-0.05, 0) is 49.4 Å². The Morgan fingerprint density at radius 2 is 1.78 bits per heavy atom. The zero-order chi connectivity index (χ0) is 19.6. The molecule has 154 valence electrons. The van der Waals surface area contributed by atoms with Crippen molar-refractivity contribution < 1.29 is 41.3 Å². The van der Waals surface area contributed by atoms with Crippen LogP contribution in [-0.4, -0.2) is 41.7 Å². The van der Waals surface area contributed by atoms with Gasteiger partial charge in [-0.1, -0.05) is 12.8 Å². The van der Waals surface area contributed by atoms with Gasteiger partial charge in [-0.15, -0.1) is 0 Å². The third kappa shape index (κ3) is 2.96. The Hall–Kier alpha value is -0.960. The molecule has 2 bridgehead atoms. The second-order valence-corrected chi connectivity index (χ2v) is 8.53. The molecule has 1 aliphatic heterocycles. The first-order chi connectivity index (χ1) is 12.5. The van der Waals surface area contributed by atoms with E-state index in [4.69, 9.17) is 4.74 Å². The van der Waals surface area contributed by atoms with Crippen LogP contribution in [0.5, 0.6) is 0 Å². The standard InChI is InChI=1S/C18H23F5O4/c19-16(20)7-10(27-17(16,25)18(21,22)23)8-26-15(24)14-6-9-5-13(14)12-4-2-1-3-11(9)12/h9-14,25H,1-8H2. The molecule has 0 amide bonds. The summed E-state index contributed by atoms with van der Waals surface area (Å²) in [6, 6.07) is 0. The maximum Gasteiger partial charge on any atom is 0.449 e. The van der Waals surface area contributed by atoms with Crippen molar-refractivity contribution in [2.24, 2.45) is 29.6 Å². The maximum absolute atomic E-state index is 13.6. The van der Waals surface area contributed by atoms with Crippen molar-refractivity contribution in [2.45, 2.75) is 68.9 Å². The molecule has 0 aromatic heterocycles. The van der Waals surface area contributed by atoms with Gasteiger partial charge in [-0.3, -0.25) is 4.79 Å². The van der Waals surface area contributed by atoms with E-state index in [-0.39, 0.29) is 11.8 Å². The molecular formula is C18H23F5O4. The van der Waals surface area contributed by atoms with E-state index < -0.39 is 43.0 Å². The lowest BCUT2D eigenvalue weighted by atomic mass is 9.67. The molecule has 0 spiro atoms. The van der Waals surface area contributed by atoms with E-state index in [9.17, 15) is 31.9 Å². The molecule has 1 saturated heterocycles. The molecule has 0 radical (unpaired) electrons. The first kappa shape index (κ1) is 19.4. The highest BCUT2D eigenvalue weighted by atomic mass is 19.4. The van der Waals surface area contributed by atoms with Crippen LogP contribution in [-0.2, 0) is 14.3 Å². The predicted molar refractivity (Wildman–Crippen MR) is 81.6 cm³/mol. The highest BCUT2D eigenvalue weighted by molar-refractivity contribution is 5.73. The van der Waals surface area contributed by atoms with Gasteiger partial charge in [0, 0.05) is 6.42 Å². The molecule has 1 heterocycles. The minimum atomic E-state index is -5.64. The number of rotatable bonds is 3. The van der Waals surface area contributed by atoms with Crippen molar-refractivity contribution in [3.8, 4) is 0 Å². The van der Waals surface area contributed by atoms with Gasteiger partial charge >= 0.3 is 23.9 Å². The molecule has 4 aliphatic rings. The first-order valence-electron chi connectivity index (χ1n) is 9.55. The average Bonchev–Trinajstić information content (AvgIpc) is 3.23. The lowest BCUT2D eigenvalue weighted by molar-refractivity contribution is -0.407. The summed E-state index contributed by atoms with van der Waals surface area (Å²) < 4.78 is 74.8. The number of alkyl halides is 5. The van der Waals surface area contributed by atoms with E-state index in [2.05, 4.69) is 4.74 Å². The molecule has 4 fully saturated rings. The lowest BCUT2D eigenvalue weighted by Crippen LogP contribution is -2.56. The lowest BCUT2D eigenvalue weighted by Gasteiger charge is -2.38. The smallest absolute Gasteiger partial charge is 0.449 e. The predicted octanol–water partition coefficient (Wildman–Crippen LogP) is 3.67. The summed E-state index contributed by atoms with van der Waals surface area (Å²) in [5.74, 6) is -8.02. The number of carbonyl (C=O) groups excluding carboxylic acids is 1. The Balaban J connectivity index is 1.34. The summed E-state index contributed by atoms with van der Waals surface area (Å²) >= 11 is 0. The summed E-state index contributed by atoms with van der Waals surface area (Å²) in [6.07, 6.45) is -2.37. The van der Waals surface area contributed by atoms with Gasteiger partial charge in [0.15, 0.2) is 0 Å². The Kier molecular flexibility index (Phi) is 4.50. The zero-order valence-electron chi connectivity index (χ0n) is 14.7. The maximum atomic E-state index is 13.6. The Labute approximate surface area is 153 Å². The summed E-state index contributed by atoms with van der Waals surface area (Å²) in [5, 5.41) is 9.28. The van der Waals surface area contributed by atoms with Crippen molar-refractivity contribution >= 4 is 5.97 Å². The van der Waals surface area contributed by atoms with Gasteiger partial charge in [0.1, 0.15) is 12.7 Å². The second-order valence-electron chi connectivity index (χ2n) is 8.53. The van der Waals surface area contributed by atoms with Crippen LogP contribution in [0.2, 0.25) is 0 Å². The number of carbonyl (C=O) groups is 1. The quantitative estimate of drug-likeness (QED) is 0.582. The number of fused-ring (bicyclic) bond motifs is 5. The third-order valence-electron chi connectivity index (χ3n) is 7.09. The van der Waals surface area contributed by atoms with Crippen LogP contribution in [0, 0.1) is 29.6 Å². The van der Waals surface area contributed by atoms with Crippen LogP contribution in [0.15, 0.2) is 0 Å². The Bertz CT molecular complexity index is 609. The SMILES string of the molecule is O=C(OCC1CC(F)(F)C(O)(C(F)(F)F)O1)C1CC2CC1C1CCCCC21. The molecule has 1 N–H and O–H groups in total. The van der Waals surface area contributed by atoms with Crippen LogP contribution < -0.4 is 0 Å². The normalized spacial score (nSPS) is 45.7. The molecule has 7 atom stereocenters. The molecule has 7 unspecified atom stereocenters. The molecule has 3 saturated carbocycles. The fourth-order valence-electron chi connectivity index (χ4n) is 5.95. The summed E-state index contributed by atoms with van der Waals surface area (Å²) in [6.45, 7) is -0.713. The highest BCUT2D eigenvalue weighted by Gasteiger charge is 2.75. The van der Waals surface area contributed by atoms with Gasteiger partial charge in [-0.25, -0.2) is 8.78 Å². The van der Waals surface area contributed by atoms with Gasteiger partial charge in [-0.2, -0.15) is 13.2 Å². The fraction of sp³-hybridized carbons (Fsp3) is 0.944. The molecule has 3 aliphatic carbocycles. The Morgan fingerprint density at radius 1 is 1.11 bits per heavy atom. The molecule has 0 aromatic rings. The number of ether oxygens (including phenoxy) is 2. The zero-order valence-corrected chi connectivity index (χ0v) is 14.7. The van der Waals surface area contributed by atoms with Crippen LogP contribution in [0.1, 0.15) is 44.9 Å². The largest absolute Gasteiger partial charge is 0.463 e. The van der Waals surface area contributed by atoms with Crippen molar-refractivity contribution in [1.29, 1.82) is 0 Å². The number of aliphatic hydroxyl groups is 1. The van der Waals surface area contributed by atoms with E-state index in [0.717, 1.165) is 19.3 Å². The van der Waals surface area contributed by atoms with E-state index in [0.29, 0.717) is 24.2 Å². The molecule has 9 heteroatoms.